The largest absolute Gasteiger partial charge is 0.473 e. The number of carbonyl (C=O) groups excluding carboxylic acids is 1. The van der Waals surface area contributed by atoms with Gasteiger partial charge >= 0.3 is 0 Å². The van der Waals surface area contributed by atoms with Gasteiger partial charge in [-0.05, 0) is 48.4 Å². The number of carbonyl (C=O) groups is 1. The van der Waals surface area contributed by atoms with Crippen LogP contribution in [0, 0.1) is 0 Å². The minimum atomic E-state index is -0.972. The number of fused-ring (bicyclic) bond motifs is 1. The number of halogens is 3. The SMILES string of the molecule is CC1(Cc2ccc(Br)cc2)C(=O)N(c2cc(Cl)cc(Cl)c2)c2ncc(OCc3ccccc3)n21. The highest BCUT2D eigenvalue weighted by Crippen LogP contribution is 2.45. The second kappa shape index (κ2) is 9.10. The standard InChI is InChI=1S/C26H20BrCl2N3O2/c1-26(14-17-7-9-19(27)10-8-17)24(33)31(22-12-20(28)11-21(29)13-22)25-30-15-23(32(25)26)34-16-18-5-3-2-4-6-18/h2-13,15H,14,16H2,1H3. The van der Waals surface area contributed by atoms with E-state index in [9.17, 15) is 4.79 Å². The molecule has 4 aromatic rings. The number of hydrogen-bond acceptors (Lipinski definition) is 3. The molecule has 3 aromatic carbocycles. The van der Waals surface area contributed by atoms with E-state index in [0.717, 1.165) is 15.6 Å². The van der Waals surface area contributed by atoms with Crippen molar-refractivity contribution < 1.29 is 9.53 Å². The molecule has 1 aromatic heterocycles. The first-order chi connectivity index (χ1) is 16.3. The second-order valence-corrected chi connectivity index (χ2v) is 10.1. The van der Waals surface area contributed by atoms with E-state index in [1.807, 2.05) is 66.1 Å². The Labute approximate surface area is 216 Å². The van der Waals surface area contributed by atoms with Gasteiger partial charge < -0.3 is 4.74 Å². The Morgan fingerprint density at radius 3 is 2.32 bits per heavy atom. The van der Waals surface area contributed by atoms with Gasteiger partial charge in [-0.1, -0.05) is 81.6 Å². The van der Waals surface area contributed by atoms with Crippen LogP contribution in [-0.2, 0) is 23.4 Å². The summed E-state index contributed by atoms with van der Waals surface area (Å²) >= 11 is 16.0. The zero-order valence-electron chi connectivity index (χ0n) is 18.2. The molecular weight excluding hydrogens is 537 g/mol. The fraction of sp³-hybridized carbons (Fsp3) is 0.154. The molecule has 5 rings (SSSR count). The quantitative estimate of drug-likeness (QED) is 0.253. The smallest absolute Gasteiger partial charge is 0.260 e. The molecule has 172 valence electrons. The van der Waals surface area contributed by atoms with Crippen LogP contribution in [0.3, 0.4) is 0 Å². The third-order valence-corrected chi connectivity index (χ3v) is 6.83. The van der Waals surface area contributed by atoms with E-state index < -0.39 is 5.54 Å². The Balaban J connectivity index is 1.58. The highest BCUT2D eigenvalue weighted by Gasteiger charge is 2.50. The lowest BCUT2D eigenvalue weighted by Crippen LogP contribution is -2.41. The third kappa shape index (κ3) is 4.22. The van der Waals surface area contributed by atoms with E-state index in [2.05, 4.69) is 20.9 Å². The number of imidazole rings is 1. The van der Waals surface area contributed by atoms with Crippen molar-refractivity contribution in [3.05, 3.63) is 105 Å². The molecule has 1 aliphatic heterocycles. The van der Waals surface area contributed by atoms with Crippen LogP contribution in [-0.4, -0.2) is 15.5 Å². The average Bonchev–Trinajstić information content (AvgIpc) is 3.31. The van der Waals surface area contributed by atoms with Gasteiger partial charge in [-0.15, -0.1) is 0 Å². The number of nitrogens with zero attached hydrogens (tertiary/aromatic N) is 3. The predicted octanol–water partition coefficient (Wildman–Crippen LogP) is 7.17. The van der Waals surface area contributed by atoms with Crippen molar-refractivity contribution in [3.63, 3.8) is 0 Å². The molecule has 5 nitrogen and oxygen atoms in total. The Morgan fingerprint density at radius 1 is 0.971 bits per heavy atom. The van der Waals surface area contributed by atoms with Crippen molar-refractivity contribution in [2.24, 2.45) is 0 Å². The Morgan fingerprint density at radius 2 is 1.65 bits per heavy atom. The van der Waals surface area contributed by atoms with Crippen molar-refractivity contribution in [3.8, 4) is 5.88 Å². The molecule has 34 heavy (non-hydrogen) atoms. The molecule has 0 bridgehead atoms. The summed E-state index contributed by atoms with van der Waals surface area (Å²) in [7, 11) is 0. The summed E-state index contributed by atoms with van der Waals surface area (Å²) in [5, 5.41) is 0.880. The zero-order chi connectivity index (χ0) is 23.9. The molecule has 1 unspecified atom stereocenters. The summed E-state index contributed by atoms with van der Waals surface area (Å²) in [6, 6.07) is 22.9. The zero-order valence-corrected chi connectivity index (χ0v) is 21.3. The summed E-state index contributed by atoms with van der Waals surface area (Å²) < 4.78 is 9.02. The minimum Gasteiger partial charge on any atom is -0.473 e. The highest BCUT2D eigenvalue weighted by molar-refractivity contribution is 9.10. The first kappa shape index (κ1) is 23.0. The molecule has 0 aliphatic carbocycles. The van der Waals surface area contributed by atoms with Crippen molar-refractivity contribution in [1.29, 1.82) is 0 Å². The van der Waals surface area contributed by atoms with E-state index in [-0.39, 0.29) is 5.91 Å². The van der Waals surface area contributed by atoms with Gasteiger partial charge in [0.25, 0.3) is 5.91 Å². The summed E-state index contributed by atoms with van der Waals surface area (Å²) in [6.45, 7) is 2.27. The summed E-state index contributed by atoms with van der Waals surface area (Å²) in [5.74, 6) is 0.842. The van der Waals surface area contributed by atoms with E-state index in [1.54, 1.807) is 29.3 Å². The maximum atomic E-state index is 14.0. The van der Waals surface area contributed by atoms with Gasteiger partial charge in [0.15, 0.2) is 0 Å². The van der Waals surface area contributed by atoms with Crippen LogP contribution in [0.5, 0.6) is 5.88 Å². The molecule has 1 amide bonds. The Kier molecular flexibility index (Phi) is 6.15. The van der Waals surface area contributed by atoms with E-state index in [4.69, 9.17) is 27.9 Å². The molecule has 0 fully saturated rings. The van der Waals surface area contributed by atoms with Gasteiger partial charge in [-0.3, -0.25) is 9.36 Å². The normalized spacial score (nSPS) is 17.2. The molecule has 8 heteroatoms. The fourth-order valence-electron chi connectivity index (χ4n) is 4.26. The van der Waals surface area contributed by atoms with Gasteiger partial charge in [0.2, 0.25) is 11.8 Å². The Hall–Kier alpha value is -2.80. The van der Waals surface area contributed by atoms with Crippen LogP contribution in [0.4, 0.5) is 11.6 Å². The van der Waals surface area contributed by atoms with E-state index in [1.165, 1.54) is 0 Å². The van der Waals surface area contributed by atoms with Gasteiger partial charge in [-0.2, -0.15) is 0 Å². The molecular formula is C26H20BrCl2N3O2. The van der Waals surface area contributed by atoms with Gasteiger partial charge in [0.1, 0.15) is 12.1 Å². The van der Waals surface area contributed by atoms with Crippen LogP contribution < -0.4 is 9.64 Å². The molecule has 2 heterocycles. The lowest BCUT2D eigenvalue weighted by molar-refractivity contribution is -0.124. The number of aromatic nitrogens is 2. The summed E-state index contributed by atoms with van der Waals surface area (Å²) in [6.07, 6.45) is 2.11. The van der Waals surface area contributed by atoms with Crippen LogP contribution in [0.2, 0.25) is 10.0 Å². The number of benzene rings is 3. The molecule has 0 N–H and O–H groups in total. The van der Waals surface area contributed by atoms with Crippen molar-refractivity contribution in [1.82, 2.24) is 9.55 Å². The number of amides is 1. The monoisotopic (exact) mass is 555 g/mol. The molecule has 0 saturated carbocycles. The van der Waals surface area contributed by atoms with Gasteiger partial charge in [0, 0.05) is 20.9 Å². The predicted molar refractivity (Wildman–Crippen MR) is 138 cm³/mol. The number of ether oxygens (including phenoxy) is 1. The lowest BCUT2D eigenvalue weighted by atomic mass is 9.92. The van der Waals surface area contributed by atoms with Crippen molar-refractivity contribution in [2.45, 2.75) is 25.5 Å². The maximum Gasteiger partial charge on any atom is 0.260 e. The fourth-order valence-corrected chi connectivity index (χ4v) is 5.04. The summed E-state index contributed by atoms with van der Waals surface area (Å²) in [5.41, 5.74) is 1.62. The molecule has 0 radical (unpaired) electrons. The maximum absolute atomic E-state index is 14.0. The van der Waals surface area contributed by atoms with E-state index in [0.29, 0.717) is 40.6 Å². The van der Waals surface area contributed by atoms with Crippen LogP contribution in [0.15, 0.2) is 83.5 Å². The Bertz CT molecular complexity index is 1340. The van der Waals surface area contributed by atoms with Gasteiger partial charge in [0.05, 0.1) is 11.9 Å². The molecule has 0 spiro atoms. The topological polar surface area (TPSA) is 47.4 Å². The lowest BCUT2D eigenvalue weighted by Gasteiger charge is -2.26. The molecule has 0 saturated heterocycles. The average molecular weight is 557 g/mol. The number of rotatable bonds is 6. The first-order valence-electron chi connectivity index (χ1n) is 10.7. The minimum absolute atomic E-state index is 0.138. The summed E-state index contributed by atoms with van der Waals surface area (Å²) in [4.78, 5) is 20.1. The van der Waals surface area contributed by atoms with Crippen molar-refractivity contribution in [2.75, 3.05) is 4.90 Å². The highest BCUT2D eigenvalue weighted by atomic mass is 79.9. The first-order valence-corrected chi connectivity index (χ1v) is 12.2. The van der Waals surface area contributed by atoms with Gasteiger partial charge in [-0.25, -0.2) is 9.88 Å². The van der Waals surface area contributed by atoms with Crippen molar-refractivity contribution >= 4 is 56.7 Å². The van der Waals surface area contributed by atoms with Crippen LogP contribution >= 0.6 is 39.1 Å². The number of anilines is 2. The second-order valence-electron chi connectivity index (χ2n) is 8.35. The third-order valence-electron chi connectivity index (χ3n) is 5.86. The van der Waals surface area contributed by atoms with Crippen LogP contribution in [0.1, 0.15) is 18.1 Å². The van der Waals surface area contributed by atoms with E-state index >= 15 is 0 Å². The number of hydrogen-bond donors (Lipinski definition) is 0. The van der Waals surface area contributed by atoms with Crippen LogP contribution in [0.25, 0.3) is 0 Å². The molecule has 1 aliphatic rings. The molecule has 1 atom stereocenters.